The molecule has 0 aromatic heterocycles. The summed E-state index contributed by atoms with van der Waals surface area (Å²) in [5, 5.41) is 2.86. The van der Waals surface area contributed by atoms with Crippen LogP contribution >= 0.6 is 12.4 Å². The average molecular weight is 363 g/mol. The maximum absolute atomic E-state index is 11.4. The number of nitrogens with one attached hydrogen (secondary N) is 1. The largest absolute Gasteiger partial charge is 0.494 e. The van der Waals surface area contributed by atoms with Gasteiger partial charge in [0.05, 0.1) is 6.61 Å². The molecule has 2 rings (SSSR count). The van der Waals surface area contributed by atoms with Crippen LogP contribution in [0.2, 0.25) is 0 Å². The molecule has 0 bridgehead atoms. The van der Waals surface area contributed by atoms with Crippen molar-refractivity contribution in [1.82, 2.24) is 5.32 Å². The van der Waals surface area contributed by atoms with Crippen molar-refractivity contribution in [2.45, 2.75) is 25.7 Å². The van der Waals surface area contributed by atoms with Crippen LogP contribution in [0.1, 0.15) is 24.0 Å². The van der Waals surface area contributed by atoms with Gasteiger partial charge in [-0.3, -0.25) is 4.79 Å². The number of hydrogen-bond donors (Lipinski definition) is 2. The van der Waals surface area contributed by atoms with Gasteiger partial charge in [-0.1, -0.05) is 42.5 Å². The highest BCUT2D eigenvalue weighted by atomic mass is 35.5. The van der Waals surface area contributed by atoms with Gasteiger partial charge in [-0.15, -0.1) is 12.4 Å². The average Bonchev–Trinajstić information content (AvgIpc) is 2.60. The molecule has 0 radical (unpaired) electrons. The Morgan fingerprint density at radius 3 is 2.52 bits per heavy atom. The SMILES string of the molecule is Cl.NCCC(=O)NCCc1cccc(OCCCc2ccccc2)c1. The van der Waals surface area contributed by atoms with Crippen LogP contribution in [0.5, 0.6) is 5.75 Å². The number of rotatable bonds is 10. The molecule has 0 aliphatic heterocycles. The summed E-state index contributed by atoms with van der Waals surface area (Å²) in [6.45, 7) is 1.71. The molecular formula is C20H27ClN2O2. The molecule has 2 aromatic carbocycles. The summed E-state index contributed by atoms with van der Waals surface area (Å²) in [5.41, 5.74) is 7.84. The van der Waals surface area contributed by atoms with E-state index in [1.807, 2.05) is 30.3 Å². The molecule has 0 aliphatic carbocycles. The molecule has 0 saturated heterocycles. The van der Waals surface area contributed by atoms with E-state index in [1.165, 1.54) is 5.56 Å². The van der Waals surface area contributed by atoms with Crippen LogP contribution in [0.4, 0.5) is 0 Å². The van der Waals surface area contributed by atoms with Crippen molar-refractivity contribution in [3.63, 3.8) is 0 Å². The zero-order chi connectivity index (χ0) is 17.0. The van der Waals surface area contributed by atoms with E-state index in [2.05, 4.69) is 29.6 Å². The van der Waals surface area contributed by atoms with E-state index >= 15 is 0 Å². The third-order valence-electron chi connectivity index (χ3n) is 3.73. The third kappa shape index (κ3) is 8.57. The molecule has 25 heavy (non-hydrogen) atoms. The molecule has 1 amide bonds. The lowest BCUT2D eigenvalue weighted by molar-refractivity contribution is -0.120. The summed E-state index contributed by atoms with van der Waals surface area (Å²) in [5.74, 6) is 0.889. The quantitative estimate of drug-likeness (QED) is 0.638. The number of amides is 1. The third-order valence-corrected chi connectivity index (χ3v) is 3.73. The van der Waals surface area contributed by atoms with E-state index in [9.17, 15) is 4.79 Å². The number of benzene rings is 2. The molecule has 0 saturated carbocycles. The van der Waals surface area contributed by atoms with E-state index in [0.29, 0.717) is 26.1 Å². The monoisotopic (exact) mass is 362 g/mol. The fourth-order valence-corrected chi connectivity index (χ4v) is 2.47. The van der Waals surface area contributed by atoms with Gasteiger partial charge in [0.25, 0.3) is 0 Å². The molecule has 0 spiro atoms. The predicted octanol–water partition coefficient (Wildman–Crippen LogP) is 3.13. The van der Waals surface area contributed by atoms with Gasteiger partial charge in [0, 0.05) is 19.5 Å². The standard InChI is InChI=1S/C20H26N2O2.ClH/c21-13-11-20(23)22-14-12-18-8-4-10-19(16-18)24-15-5-9-17-6-2-1-3-7-17;/h1-4,6-8,10,16H,5,9,11-15,21H2,(H,22,23);1H. The number of hydrogen-bond acceptors (Lipinski definition) is 3. The molecule has 5 heteroatoms. The van der Waals surface area contributed by atoms with Crippen molar-refractivity contribution in [1.29, 1.82) is 0 Å². The van der Waals surface area contributed by atoms with Gasteiger partial charge >= 0.3 is 0 Å². The Labute approximate surface area is 156 Å². The predicted molar refractivity (Wildman–Crippen MR) is 104 cm³/mol. The normalized spacial score (nSPS) is 9.96. The van der Waals surface area contributed by atoms with E-state index in [0.717, 1.165) is 30.6 Å². The number of ether oxygens (including phenoxy) is 1. The Morgan fingerprint density at radius 2 is 1.76 bits per heavy atom. The van der Waals surface area contributed by atoms with Gasteiger partial charge in [-0.2, -0.15) is 0 Å². The van der Waals surface area contributed by atoms with Crippen LogP contribution in [-0.4, -0.2) is 25.6 Å². The zero-order valence-electron chi connectivity index (χ0n) is 14.4. The molecule has 0 aliphatic rings. The fraction of sp³-hybridized carbons (Fsp3) is 0.350. The second-order valence-corrected chi connectivity index (χ2v) is 5.72. The van der Waals surface area contributed by atoms with E-state index < -0.39 is 0 Å². The lowest BCUT2D eigenvalue weighted by atomic mass is 10.1. The van der Waals surface area contributed by atoms with Crippen molar-refractivity contribution < 1.29 is 9.53 Å². The molecule has 0 unspecified atom stereocenters. The van der Waals surface area contributed by atoms with Gasteiger partial charge in [0.15, 0.2) is 0 Å². The van der Waals surface area contributed by atoms with Gasteiger partial charge in [0.1, 0.15) is 5.75 Å². The number of carbonyl (C=O) groups is 1. The second kappa shape index (κ2) is 12.3. The molecule has 0 fully saturated rings. The van der Waals surface area contributed by atoms with Crippen LogP contribution in [0, 0.1) is 0 Å². The first-order valence-corrected chi connectivity index (χ1v) is 8.50. The van der Waals surface area contributed by atoms with Gasteiger partial charge in [-0.05, 0) is 42.5 Å². The van der Waals surface area contributed by atoms with E-state index in [4.69, 9.17) is 10.5 Å². The van der Waals surface area contributed by atoms with Crippen molar-refractivity contribution in [3.05, 3.63) is 65.7 Å². The smallest absolute Gasteiger partial charge is 0.221 e. The summed E-state index contributed by atoms with van der Waals surface area (Å²) in [7, 11) is 0. The van der Waals surface area contributed by atoms with Crippen molar-refractivity contribution in [3.8, 4) is 5.75 Å². The number of nitrogens with two attached hydrogens (primary N) is 1. The molecule has 0 heterocycles. The fourth-order valence-electron chi connectivity index (χ4n) is 2.47. The van der Waals surface area contributed by atoms with Gasteiger partial charge in [-0.25, -0.2) is 0 Å². The summed E-state index contributed by atoms with van der Waals surface area (Å²) in [6.07, 6.45) is 3.18. The van der Waals surface area contributed by atoms with Gasteiger partial charge in [0.2, 0.25) is 5.91 Å². The number of halogens is 1. The van der Waals surface area contributed by atoms with Crippen LogP contribution in [0.25, 0.3) is 0 Å². The maximum atomic E-state index is 11.4. The first kappa shape index (κ1) is 21.0. The minimum absolute atomic E-state index is 0. The first-order chi connectivity index (χ1) is 11.8. The second-order valence-electron chi connectivity index (χ2n) is 5.72. The van der Waals surface area contributed by atoms with Crippen molar-refractivity contribution in [2.75, 3.05) is 19.7 Å². The maximum Gasteiger partial charge on any atom is 0.221 e. The molecule has 136 valence electrons. The van der Waals surface area contributed by atoms with Crippen LogP contribution in [-0.2, 0) is 17.6 Å². The van der Waals surface area contributed by atoms with Crippen molar-refractivity contribution >= 4 is 18.3 Å². The zero-order valence-corrected chi connectivity index (χ0v) is 15.3. The van der Waals surface area contributed by atoms with Crippen LogP contribution in [0.3, 0.4) is 0 Å². The van der Waals surface area contributed by atoms with Crippen molar-refractivity contribution in [2.24, 2.45) is 5.73 Å². The molecule has 4 nitrogen and oxygen atoms in total. The lowest BCUT2D eigenvalue weighted by Crippen LogP contribution is -2.27. The number of carbonyl (C=O) groups excluding carboxylic acids is 1. The molecule has 3 N–H and O–H groups in total. The Hall–Kier alpha value is -2.04. The number of aryl methyl sites for hydroxylation is 1. The van der Waals surface area contributed by atoms with Gasteiger partial charge < -0.3 is 15.8 Å². The summed E-state index contributed by atoms with van der Waals surface area (Å²) >= 11 is 0. The van der Waals surface area contributed by atoms with Crippen LogP contribution < -0.4 is 15.8 Å². The highest BCUT2D eigenvalue weighted by Crippen LogP contribution is 2.14. The van der Waals surface area contributed by atoms with E-state index in [1.54, 1.807) is 0 Å². The topological polar surface area (TPSA) is 64.4 Å². The molecule has 2 aromatic rings. The highest BCUT2D eigenvalue weighted by molar-refractivity contribution is 5.85. The molecule has 0 atom stereocenters. The Kier molecular flexibility index (Phi) is 10.4. The molecular weight excluding hydrogens is 336 g/mol. The summed E-state index contributed by atoms with van der Waals surface area (Å²) in [4.78, 5) is 11.4. The summed E-state index contributed by atoms with van der Waals surface area (Å²) < 4.78 is 5.83. The Balaban J connectivity index is 0.00000312. The first-order valence-electron chi connectivity index (χ1n) is 8.50. The lowest BCUT2D eigenvalue weighted by Gasteiger charge is -2.09. The van der Waals surface area contributed by atoms with Crippen LogP contribution in [0.15, 0.2) is 54.6 Å². The minimum Gasteiger partial charge on any atom is -0.494 e. The Morgan fingerprint density at radius 1 is 1.00 bits per heavy atom. The highest BCUT2D eigenvalue weighted by Gasteiger charge is 2.01. The summed E-state index contributed by atoms with van der Waals surface area (Å²) in [6, 6.07) is 18.5. The van der Waals surface area contributed by atoms with E-state index in [-0.39, 0.29) is 18.3 Å². The minimum atomic E-state index is 0. The Bertz CT molecular complexity index is 620.